The van der Waals surface area contributed by atoms with Crippen LogP contribution >= 0.6 is 27.5 Å². The van der Waals surface area contributed by atoms with Crippen LogP contribution in [0.5, 0.6) is 0 Å². The lowest BCUT2D eigenvalue weighted by molar-refractivity contribution is -0.871. The van der Waals surface area contributed by atoms with Crippen LogP contribution in [0.4, 0.5) is 11.4 Å². The molecule has 0 N–H and O–H groups in total. The number of benzene rings is 2. The minimum atomic E-state index is -0.144. The highest BCUT2D eigenvalue weighted by Gasteiger charge is 2.44. The summed E-state index contributed by atoms with van der Waals surface area (Å²) in [5, 5.41) is 0.794. The number of hydrogen-bond acceptors (Lipinski definition) is 1. The summed E-state index contributed by atoms with van der Waals surface area (Å²) < 4.78 is 5.50. The van der Waals surface area contributed by atoms with Gasteiger partial charge in [-0.15, -0.1) is 0 Å². The lowest BCUT2D eigenvalue weighted by atomic mass is 9.81. The van der Waals surface area contributed by atoms with Crippen molar-refractivity contribution in [1.82, 2.24) is 0 Å². The highest BCUT2D eigenvalue weighted by Crippen LogP contribution is 2.48. The highest BCUT2D eigenvalue weighted by molar-refractivity contribution is 9.11. The Morgan fingerprint density at radius 1 is 0.886 bits per heavy atom. The fourth-order valence-electron chi connectivity index (χ4n) is 6.70. The van der Waals surface area contributed by atoms with E-state index in [4.69, 9.17) is 11.6 Å². The van der Waals surface area contributed by atoms with Crippen molar-refractivity contribution in [2.45, 2.75) is 58.3 Å². The molecule has 0 radical (unpaired) electrons. The molecule has 238 valence electrons. The van der Waals surface area contributed by atoms with Gasteiger partial charge in [0.25, 0.3) is 0 Å². The SMILES string of the molecule is Cc1ccc2c(c1)C(C)(C)\C(=C/C=C(Br)/C=C/C1=[N+](CCC[N+](C)(C)C)c3ccc(Cl)cc3C1(C)C)N2CCC[N+](C)(C)C. The van der Waals surface area contributed by atoms with Crippen molar-refractivity contribution in [2.24, 2.45) is 0 Å². The number of fused-ring (bicyclic) bond motifs is 2. The Balaban J connectivity index is 1.67. The van der Waals surface area contributed by atoms with Crippen molar-refractivity contribution in [2.75, 3.05) is 73.4 Å². The minimum Gasteiger partial charge on any atom is -0.344 e. The lowest BCUT2D eigenvalue weighted by Gasteiger charge is -2.29. The monoisotopic (exact) mass is 681 g/mol. The molecule has 0 aromatic heterocycles. The average molecular weight is 683 g/mol. The van der Waals surface area contributed by atoms with E-state index in [0.717, 1.165) is 57.5 Å². The van der Waals surface area contributed by atoms with E-state index < -0.39 is 0 Å². The molecule has 0 fully saturated rings. The van der Waals surface area contributed by atoms with Crippen molar-refractivity contribution >= 4 is 44.6 Å². The number of aryl methyl sites for hydroxylation is 1. The zero-order chi connectivity index (χ0) is 32.7. The molecule has 0 unspecified atom stereocenters. The Kier molecular flexibility index (Phi) is 10.2. The lowest BCUT2D eigenvalue weighted by Crippen LogP contribution is -2.37. The molecule has 2 aromatic rings. The van der Waals surface area contributed by atoms with Gasteiger partial charge in [-0.2, -0.15) is 4.58 Å². The molecule has 2 heterocycles. The molecule has 2 aliphatic rings. The predicted octanol–water partition coefficient (Wildman–Crippen LogP) is 8.73. The molecule has 0 spiro atoms. The van der Waals surface area contributed by atoms with Gasteiger partial charge in [-0.25, -0.2) is 0 Å². The third-order valence-electron chi connectivity index (χ3n) is 9.12. The molecule has 0 saturated carbocycles. The van der Waals surface area contributed by atoms with Gasteiger partial charge in [0, 0.05) is 57.0 Å². The van der Waals surface area contributed by atoms with Crippen molar-refractivity contribution in [1.29, 1.82) is 0 Å². The van der Waals surface area contributed by atoms with Crippen LogP contribution in [0.25, 0.3) is 0 Å². The maximum atomic E-state index is 6.50. The third kappa shape index (κ3) is 7.78. The predicted molar refractivity (Wildman–Crippen MR) is 195 cm³/mol. The van der Waals surface area contributed by atoms with Crippen LogP contribution < -0.4 is 4.90 Å². The van der Waals surface area contributed by atoms with E-state index in [-0.39, 0.29) is 10.8 Å². The molecule has 0 amide bonds. The molecule has 0 saturated heterocycles. The van der Waals surface area contributed by atoms with Gasteiger partial charge in [0.05, 0.1) is 67.2 Å². The van der Waals surface area contributed by atoms with Gasteiger partial charge in [0.1, 0.15) is 0 Å². The van der Waals surface area contributed by atoms with Gasteiger partial charge >= 0.3 is 0 Å². The highest BCUT2D eigenvalue weighted by atomic mass is 79.9. The van der Waals surface area contributed by atoms with Crippen LogP contribution in [0.2, 0.25) is 5.02 Å². The summed E-state index contributed by atoms with van der Waals surface area (Å²) >= 11 is 10.4. The van der Waals surface area contributed by atoms with Crippen molar-refractivity contribution in [3.63, 3.8) is 0 Å². The van der Waals surface area contributed by atoms with E-state index >= 15 is 0 Å². The van der Waals surface area contributed by atoms with Gasteiger partial charge in [-0.1, -0.05) is 59.1 Å². The molecule has 6 heteroatoms. The summed E-state index contributed by atoms with van der Waals surface area (Å²) in [6.45, 7) is 15.8. The van der Waals surface area contributed by atoms with Gasteiger partial charge in [-0.05, 0) is 62.8 Å². The Hall–Kier alpha value is -2.18. The van der Waals surface area contributed by atoms with Crippen LogP contribution in [0, 0.1) is 6.92 Å². The summed E-state index contributed by atoms with van der Waals surface area (Å²) in [4.78, 5) is 2.55. The van der Waals surface area contributed by atoms with E-state index in [0.29, 0.717) is 0 Å². The Labute approximate surface area is 281 Å². The number of nitrogens with zero attached hydrogens (tertiary/aromatic N) is 4. The number of allylic oxidation sites excluding steroid dienone is 6. The van der Waals surface area contributed by atoms with E-state index in [1.807, 2.05) is 6.07 Å². The van der Waals surface area contributed by atoms with Crippen molar-refractivity contribution in [3.05, 3.63) is 92.6 Å². The topological polar surface area (TPSA) is 6.25 Å². The van der Waals surface area contributed by atoms with Crippen LogP contribution in [0.1, 0.15) is 57.2 Å². The molecule has 4 nitrogen and oxygen atoms in total. The summed E-state index contributed by atoms with van der Waals surface area (Å²) in [6.07, 6.45) is 11.3. The van der Waals surface area contributed by atoms with E-state index in [2.05, 4.69) is 157 Å². The standard InChI is InChI=1S/C38H55BrClN4/c1-28-14-18-33-31(26-28)37(2,3)35(41(33)22-12-24-43(6,7)8)20-15-29(39)16-21-36-38(4,5)32-27-30(40)17-19-34(32)42(36)23-13-25-44(9,10)11/h14-21,26-27H,12-13,22-25H2,1-11H3/q+3. The van der Waals surface area contributed by atoms with Gasteiger partial charge < -0.3 is 13.9 Å². The second kappa shape index (κ2) is 12.9. The first-order chi connectivity index (χ1) is 20.3. The second-order valence-electron chi connectivity index (χ2n) is 15.8. The number of hydrogen-bond donors (Lipinski definition) is 0. The zero-order valence-corrected chi connectivity index (χ0v) is 31.4. The fourth-order valence-corrected chi connectivity index (χ4v) is 7.13. The molecule has 0 atom stereocenters. The molecule has 0 aliphatic carbocycles. The first kappa shape index (κ1) is 34.7. The van der Waals surface area contributed by atoms with Crippen LogP contribution in [-0.4, -0.2) is 87.7 Å². The van der Waals surface area contributed by atoms with Crippen LogP contribution in [0.15, 0.2) is 70.9 Å². The largest absolute Gasteiger partial charge is 0.344 e. The third-order valence-corrected chi connectivity index (χ3v) is 9.89. The number of anilines is 1. The maximum Gasteiger partial charge on any atom is 0.209 e. The summed E-state index contributed by atoms with van der Waals surface area (Å²) in [6, 6.07) is 13.3. The van der Waals surface area contributed by atoms with Gasteiger partial charge in [0.2, 0.25) is 5.69 Å². The summed E-state index contributed by atoms with van der Waals surface area (Å²) in [5.41, 5.74) is 9.08. The molecular weight excluding hydrogens is 628 g/mol. The smallest absolute Gasteiger partial charge is 0.209 e. The number of rotatable bonds is 11. The Morgan fingerprint density at radius 2 is 1.55 bits per heavy atom. The van der Waals surface area contributed by atoms with Crippen molar-refractivity contribution in [3.8, 4) is 0 Å². The first-order valence-electron chi connectivity index (χ1n) is 16.0. The van der Waals surface area contributed by atoms with Gasteiger partial charge in [-0.3, -0.25) is 0 Å². The quantitative estimate of drug-likeness (QED) is 0.131. The molecule has 0 bridgehead atoms. The molecule has 4 rings (SSSR count). The van der Waals surface area contributed by atoms with Crippen LogP contribution in [-0.2, 0) is 10.8 Å². The van der Waals surface area contributed by atoms with E-state index in [1.54, 1.807) is 0 Å². The van der Waals surface area contributed by atoms with E-state index in [1.165, 1.54) is 39.5 Å². The van der Waals surface area contributed by atoms with Gasteiger partial charge in [0.15, 0.2) is 12.3 Å². The molecule has 2 aliphatic heterocycles. The maximum absolute atomic E-state index is 6.50. The summed E-state index contributed by atoms with van der Waals surface area (Å²) in [7, 11) is 13.6. The first-order valence-corrected chi connectivity index (χ1v) is 17.2. The number of quaternary nitrogens is 2. The van der Waals surface area contributed by atoms with Crippen LogP contribution in [0.3, 0.4) is 0 Å². The molecular formula is C38H55BrClN4+3. The zero-order valence-electron chi connectivity index (χ0n) is 29.1. The summed E-state index contributed by atoms with van der Waals surface area (Å²) in [5.74, 6) is 0. The second-order valence-corrected chi connectivity index (χ2v) is 17.1. The minimum absolute atomic E-state index is 0.0725. The van der Waals surface area contributed by atoms with E-state index in [9.17, 15) is 0 Å². The fraction of sp³-hybridized carbons (Fsp3) is 0.500. The Bertz CT molecular complexity index is 1510. The van der Waals surface area contributed by atoms with Crippen molar-refractivity contribution < 1.29 is 13.5 Å². The normalized spacial score (nSPS) is 19.0. The molecule has 44 heavy (non-hydrogen) atoms. The average Bonchev–Trinajstić information content (AvgIpc) is 3.22. The molecule has 2 aromatic carbocycles. The number of halogens is 2. The Morgan fingerprint density at radius 3 is 2.20 bits per heavy atom.